The molecule has 1 heterocycles. The van der Waals surface area contributed by atoms with Crippen molar-refractivity contribution in [1.82, 2.24) is 9.97 Å². The van der Waals surface area contributed by atoms with E-state index in [1.807, 2.05) is 12.1 Å². The van der Waals surface area contributed by atoms with Gasteiger partial charge in [0.25, 0.3) is 0 Å². The van der Waals surface area contributed by atoms with E-state index in [0.717, 1.165) is 5.56 Å². The molecule has 0 aliphatic heterocycles. The topological polar surface area (TPSA) is 63.1 Å². The average Bonchev–Trinajstić information content (AvgIpc) is 2.46. The third-order valence-electron chi connectivity index (χ3n) is 3.52. The first kappa shape index (κ1) is 11.4. The number of phenols is 1. The van der Waals surface area contributed by atoms with Crippen molar-refractivity contribution in [3.8, 4) is 17.0 Å². The summed E-state index contributed by atoms with van der Waals surface area (Å²) in [5.74, 6) is -0.295. The van der Waals surface area contributed by atoms with Gasteiger partial charge >= 0.3 is 0 Å². The average molecular weight is 280 g/mol. The van der Waals surface area contributed by atoms with Crippen molar-refractivity contribution in [3.05, 3.63) is 47.8 Å². The number of aromatic nitrogens is 2. The Bertz CT molecular complexity index is 906. The van der Waals surface area contributed by atoms with Crippen molar-refractivity contribution in [1.29, 1.82) is 0 Å². The molecule has 0 radical (unpaired) electrons. The van der Waals surface area contributed by atoms with Crippen molar-refractivity contribution in [2.75, 3.05) is 0 Å². The van der Waals surface area contributed by atoms with Gasteiger partial charge in [0.15, 0.2) is 5.78 Å². The normalized spacial score (nSPS) is 12.6. The Kier molecular flexibility index (Phi) is 2.17. The van der Waals surface area contributed by atoms with Crippen LogP contribution in [-0.2, 0) is 0 Å². The Morgan fingerprint density at radius 3 is 2.65 bits per heavy atom. The van der Waals surface area contributed by atoms with Gasteiger partial charge in [-0.25, -0.2) is 9.97 Å². The molecule has 20 heavy (non-hydrogen) atoms. The van der Waals surface area contributed by atoms with E-state index in [2.05, 4.69) is 22.6 Å². The maximum atomic E-state index is 12.6. The van der Waals surface area contributed by atoms with Gasteiger partial charge in [0.05, 0.1) is 16.8 Å². The van der Waals surface area contributed by atoms with Crippen LogP contribution in [0.1, 0.15) is 15.9 Å². The van der Waals surface area contributed by atoms with Gasteiger partial charge in [-0.2, -0.15) is 0 Å². The highest BCUT2D eigenvalue weighted by molar-refractivity contribution is 7.80. The Balaban J connectivity index is 2.31. The van der Waals surface area contributed by atoms with Gasteiger partial charge in [-0.05, 0) is 6.07 Å². The lowest BCUT2D eigenvalue weighted by molar-refractivity contribution is 0.103. The molecule has 0 saturated carbocycles. The summed E-state index contributed by atoms with van der Waals surface area (Å²) in [4.78, 5) is 21.6. The second-order valence-corrected chi connectivity index (χ2v) is 5.09. The van der Waals surface area contributed by atoms with E-state index >= 15 is 0 Å². The first-order valence-corrected chi connectivity index (χ1v) is 6.47. The fourth-order valence-electron chi connectivity index (χ4n) is 2.67. The Morgan fingerprint density at radius 1 is 1.10 bits per heavy atom. The summed E-state index contributed by atoms with van der Waals surface area (Å²) in [7, 11) is 0. The number of hydrogen-bond donors (Lipinski definition) is 2. The fraction of sp³-hybridized carbons (Fsp3) is 0. The van der Waals surface area contributed by atoms with Crippen molar-refractivity contribution >= 4 is 29.3 Å². The van der Waals surface area contributed by atoms with Gasteiger partial charge in [0.1, 0.15) is 12.1 Å². The molecule has 4 rings (SSSR count). The van der Waals surface area contributed by atoms with E-state index in [1.165, 1.54) is 12.4 Å². The molecule has 0 fully saturated rings. The number of ketones is 1. The van der Waals surface area contributed by atoms with Crippen LogP contribution in [0.15, 0.2) is 41.6 Å². The predicted molar refractivity (Wildman–Crippen MR) is 77.3 cm³/mol. The van der Waals surface area contributed by atoms with Crippen molar-refractivity contribution < 1.29 is 9.90 Å². The van der Waals surface area contributed by atoms with Gasteiger partial charge in [-0.1, -0.05) is 24.3 Å². The second-order valence-electron chi connectivity index (χ2n) is 4.61. The molecule has 1 aromatic heterocycles. The molecule has 4 nitrogen and oxygen atoms in total. The number of aromatic hydroxyl groups is 1. The van der Waals surface area contributed by atoms with Gasteiger partial charge < -0.3 is 5.11 Å². The summed E-state index contributed by atoms with van der Waals surface area (Å²) in [5.41, 5.74) is 2.80. The molecule has 0 spiro atoms. The molecule has 2 aromatic carbocycles. The minimum Gasteiger partial charge on any atom is -0.507 e. The lowest BCUT2D eigenvalue weighted by Crippen LogP contribution is -2.11. The molecule has 1 aliphatic rings. The molecule has 0 amide bonds. The van der Waals surface area contributed by atoms with E-state index in [4.69, 9.17) is 0 Å². The standard InChI is InChI=1S/C15H8N2O2S/c18-9-5-10(20)14-12-11(9)15(19)8-4-2-1-3-7(8)13(12)16-6-17-14/h1-6,18,20H. The largest absolute Gasteiger partial charge is 0.507 e. The van der Waals surface area contributed by atoms with Crippen LogP contribution in [0.4, 0.5) is 0 Å². The minimum absolute atomic E-state index is 0.0851. The SMILES string of the molecule is O=C1c2ccccc2-c2ncnc3c(S)cc(O)c1c23. The van der Waals surface area contributed by atoms with Crippen LogP contribution in [0.25, 0.3) is 22.2 Å². The van der Waals surface area contributed by atoms with Gasteiger partial charge in [0, 0.05) is 21.4 Å². The molecule has 0 saturated heterocycles. The van der Waals surface area contributed by atoms with Gasteiger partial charge in [-0.15, -0.1) is 12.6 Å². The van der Waals surface area contributed by atoms with Gasteiger partial charge in [-0.3, -0.25) is 4.79 Å². The van der Waals surface area contributed by atoms with E-state index in [9.17, 15) is 9.90 Å². The maximum absolute atomic E-state index is 12.6. The second kappa shape index (κ2) is 3.80. The smallest absolute Gasteiger partial charge is 0.198 e. The molecule has 0 atom stereocenters. The quantitative estimate of drug-likeness (QED) is 0.486. The number of benzene rings is 2. The summed E-state index contributed by atoms with van der Waals surface area (Å²) >= 11 is 4.32. The molecular formula is C15H8N2O2S. The Morgan fingerprint density at radius 2 is 1.85 bits per heavy atom. The van der Waals surface area contributed by atoms with Crippen LogP contribution in [-0.4, -0.2) is 20.9 Å². The summed E-state index contributed by atoms with van der Waals surface area (Å²) < 4.78 is 0. The van der Waals surface area contributed by atoms with Crippen LogP contribution in [0, 0.1) is 0 Å². The predicted octanol–water partition coefficient (Wildman–Crippen LogP) is 2.84. The number of rotatable bonds is 0. The van der Waals surface area contributed by atoms with Crippen LogP contribution in [0.3, 0.4) is 0 Å². The fourth-order valence-corrected chi connectivity index (χ4v) is 2.96. The molecule has 96 valence electrons. The van der Waals surface area contributed by atoms with E-state index in [0.29, 0.717) is 27.1 Å². The summed E-state index contributed by atoms with van der Waals surface area (Å²) in [5, 5.41) is 10.7. The summed E-state index contributed by atoms with van der Waals surface area (Å²) in [6.45, 7) is 0. The Labute approximate surface area is 119 Å². The first-order chi connectivity index (χ1) is 9.68. The van der Waals surface area contributed by atoms with Gasteiger partial charge in [0.2, 0.25) is 0 Å². The molecule has 1 N–H and O–H groups in total. The zero-order valence-corrected chi connectivity index (χ0v) is 11.1. The van der Waals surface area contributed by atoms with Crippen molar-refractivity contribution in [2.45, 2.75) is 4.90 Å². The lowest BCUT2D eigenvalue weighted by atomic mass is 9.86. The number of carbonyl (C=O) groups excluding carboxylic acids is 1. The molecule has 0 unspecified atom stereocenters. The monoisotopic (exact) mass is 280 g/mol. The van der Waals surface area contributed by atoms with Crippen molar-refractivity contribution in [2.24, 2.45) is 0 Å². The number of hydrogen-bond acceptors (Lipinski definition) is 5. The third kappa shape index (κ3) is 1.30. The first-order valence-electron chi connectivity index (χ1n) is 6.02. The Hall–Kier alpha value is -2.40. The van der Waals surface area contributed by atoms with Crippen LogP contribution >= 0.6 is 12.6 Å². The van der Waals surface area contributed by atoms with E-state index in [-0.39, 0.29) is 17.1 Å². The number of nitrogens with zero attached hydrogens (tertiary/aromatic N) is 2. The molecule has 3 aromatic rings. The number of carbonyl (C=O) groups is 1. The zero-order chi connectivity index (χ0) is 13.9. The van der Waals surface area contributed by atoms with Crippen LogP contribution < -0.4 is 0 Å². The number of fused-ring (bicyclic) bond motifs is 2. The van der Waals surface area contributed by atoms with Crippen LogP contribution in [0.5, 0.6) is 5.75 Å². The summed E-state index contributed by atoms with van der Waals surface area (Å²) in [6, 6.07) is 8.69. The van der Waals surface area contributed by atoms with E-state index < -0.39 is 0 Å². The highest BCUT2D eigenvalue weighted by atomic mass is 32.1. The zero-order valence-electron chi connectivity index (χ0n) is 10.2. The van der Waals surface area contributed by atoms with Crippen LogP contribution in [0.2, 0.25) is 0 Å². The highest BCUT2D eigenvalue weighted by Crippen LogP contribution is 2.42. The number of thiol groups is 1. The molecule has 5 heteroatoms. The lowest BCUT2D eigenvalue weighted by Gasteiger charge is -2.19. The molecular weight excluding hydrogens is 272 g/mol. The maximum Gasteiger partial charge on any atom is 0.198 e. The molecule has 0 bridgehead atoms. The third-order valence-corrected chi connectivity index (χ3v) is 3.86. The van der Waals surface area contributed by atoms with E-state index in [1.54, 1.807) is 12.1 Å². The molecule has 1 aliphatic carbocycles. The number of phenolic OH excluding ortho intramolecular Hbond substituents is 1. The summed E-state index contributed by atoms with van der Waals surface area (Å²) in [6.07, 6.45) is 1.45. The van der Waals surface area contributed by atoms with Crippen molar-refractivity contribution in [3.63, 3.8) is 0 Å². The minimum atomic E-state index is -0.210. The highest BCUT2D eigenvalue weighted by Gasteiger charge is 2.29.